The highest BCUT2D eigenvalue weighted by Gasteiger charge is 2.48. The van der Waals surface area contributed by atoms with Crippen LogP contribution in [0.5, 0.6) is 5.75 Å². The first-order valence-electron chi connectivity index (χ1n) is 5.59. The molecule has 0 aliphatic rings. The number of alkyl halides is 3. The van der Waals surface area contributed by atoms with Crippen molar-refractivity contribution in [2.45, 2.75) is 5.51 Å². The van der Waals surface area contributed by atoms with E-state index in [9.17, 15) is 30.0 Å². The monoisotopic (exact) mass is 390 g/mol. The zero-order valence-electron chi connectivity index (χ0n) is 11.6. The topological polar surface area (TPSA) is 137 Å². The van der Waals surface area contributed by atoms with Crippen LogP contribution in [0.2, 0.25) is 0 Å². The van der Waals surface area contributed by atoms with Crippen LogP contribution in [0.25, 0.3) is 11.5 Å². The van der Waals surface area contributed by atoms with E-state index in [0.717, 1.165) is 18.5 Å². The summed E-state index contributed by atoms with van der Waals surface area (Å²) in [5.41, 5.74) is -5.06. The van der Waals surface area contributed by atoms with Crippen LogP contribution in [0.4, 0.5) is 13.2 Å². The standard InChI is InChI=1S/C9H5F3N2O4S.CH4O3S/c10-9(11,12)19(15,16)18-7-3-1-6(2-4-7)8-14-13-5-17-8;1-5(2,3)4/h1-5H;1H3,(H,2,3,4). The van der Waals surface area contributed by atoms with E-state index in [-0.39, 0.29) is 5.89 Å². The van der Waals surface area contributed by atoms with Crippen molar-refractivity contribution in [2.75, 3.05) is 6.26 Å². The Labute approximate surface area is 133 Å². The van der Waals surface area contributed by atoms with Crippen molar-refractivity contribution in [3.8, 4) is 17.2 Å². The fraction of sp³-hybridized carbons (Fsp3) is 0.200. The maximum absolute atomic E-state index is 12.1. The molecule has 0 atom stereocenters. The van der Waals surface area contributed by atoms with E-state index in [1.54, 1.807) is 0 Å². The van der Waals surface area contributed by atoms with E-state index in [1.165, 1.54) is 12.1 Å². The van der Waals surface area contributed by atoms with Crippen LogP contribution >= 0.6 is 0 Å². The van der Waals surface area contributed by atoms with Gasteiger partial charge >= 0.3 is 15.6 Å². The van der Waals surface area contributed by atoms with Gasteiger partial charge in [-0.2, -0.15) is 30.0 Å². The first kappa shape index (κ1) is 19.9. The Morgan fingerprint density at radius 3 is 2.00 bits per heavy atom. The van der Waals surface area contributed by atoms with Gasteiger partial charge in [-0.1, -0.05) is 0 Å². The summed E-state index contributed by atoms with van der Waals surface area (Å²) in [4.78, 5) is 0. The molecule has 2 aromatic rings. The van der Waals surface area contributed by atoms with Gasteiger partial charge in [-0.3, -0.25) is 4.55 Å². The smallest absolute Gasteiger partial charge is 0.423 e. The van der Waals surface area contributed by atoms with Crippen LogP contribution in [0, 0.1) is 0 Å². The molecule has 0 bridgehead atoms. The van der Waals surface area contributed by atoms with E-state index < -0.39 is 31.5 Å². The number of benzene rings is 1. The van der Waals surface area contributed by atoms with Crippen molar-refractivity contribution >= 4 is 20.2 Å². The van der Waals surface area contributed by atoms with Crippen LogP contribution in [0.15, 0.2) is 35.1 Å². The lowest BCUT2D eigenvalue weighted by molar-refractivity contribution is -0.0500. The predicted octanol–water partition coefficient (Wildman–Crippen LogP) is 1.47. The molecule has 0 radical (unpaired) electrons. The molecule has 14 heteroatoms. The van der Waals surface area contributed by atoms with Crippen molar-refractivity contribution in [3.05, 3.63) is 30.7 Å². The lowest BCUT2D eigenvalue weighted by atomic mass is 10.2. The van der Waals surface area contributed by atoms with Crippen molar-refractivity contribution in [2.24, 2.45) is 0 Å². The molecule has 1 aromatic heterocycles. The fourth-order valence-corrected chi connectivity index (χ4v) is 1.58. The Morgan fingerprint density at radius 1 is 1.12 bits per heavy atom. The van der Waals surface area contributed by atoms with Crippen molar-refractivity contribution in [1.29, 1.82) is 0 Å². The van der Waals surface area contributed by atoms with E-state index in [1.807, 2.05) is 0 Å². The van der Waals surface area contributed by atoms with E-state index in [4.69, 9.17) is 8.97 Å². The molecule has 1 heterocycles. The number of hydrogen-bond acceptors (Lipinski definition) is 8. The molecule has 0 aliphatic carbocycles. The van der Waals surface area contributed by atoms with Gasteiger partial charge in [-0.25, -0.2) is 0 Å². The van der Waals surface area contributed by atoms with Crippen molar-refractivity contribution in [3.63, 3.8) is 0 Å². The first-order valence-corrected chi connectivity index (χ1v) is 8.85. The summed E-state index contributed by atoms with van der Waals surface area (Å²) in [5.74, 6) is -0.328. The summed E-state index contributed by atoms with van der Waals surface area (Å²) in [7, 11) is -9.34. The number of hydrogen-bond donors (Lipinski definition) is 1. The second-order valence-electron chi connectivity index (χ2n) is 3.98. The quantitative estimate of drug-likeness (QED) is 0.469. The fourth-order valence-electron chi connectivity index (χ4n) is 1.13. The largest absolute Gasteiger partial charge is 0.534 e. The van der Waals surface area contributed by atoms with Crippen LogP contribution < -0.4 is 4.18 Å². The van der Waals surface area contributed by atoms with Gasteiger partial charge in [0.1, 0.15) is 5.75 Å². The van der Waals surface area contributed by atoms with E-state index in [0.29, 0.717) is 11.8 Å². The third-order valence-corrected chi connectivity index (χ3v) is 2.93. The molecule has 0 saturated carbocycles. The molecule has 2 rings (SSSR count). The Balaban J connectivity index is 0.000000505. The van der Waals surface area contributed by atoms with Gasteiger partial charge in [-0.15, -0.1) is 10.2 Å². The molecule has 1 aromatic carbocycles. The highest BCUT2D eigenvalue weighted by Crippen LogP contribution is 2.28. The summed E-state index contributed by atoms with van der Waals surface area (Å²) < 4.78 is 92.4. The average molecular weight is 390 g/mol. The maximum Gasteiger partial charge on any atom is 0.534 e. The molecule has 0 aliphatic heterocycles. The molecule has 24 heavy (non-hydrogen) atoms. The molecule has 134 valence electrons. The van der Waals surface area contributed by atoms with E-state index in [2.05, 4.69) is 14.4 Å². The zero-order chi connectivity index (χ0) is 18.6. The molecule has 9 nitrogen and oxygen atoms in total. The number of rotatable bonds is 3. The third-order valence-electron chi connectivity index (χ3n) is 1.95. The third kappa shape index (κ3) is 6.51. The minimum atomic E-state index is -5.67. The summed E-state index contributed by atoms with van der Waals surface area (Å²) in [6.07, 6.45) is 1.79. The molecule has 0 amide bonds. The molecule has 0 spiro atoms. The predicted molar refractivity (Wildman–Crippen MR) is 72.8 cm³/mol. The van der Waals surface area contributed by atoms with Crippen molar-refractivity contribution in [1.82, 2.24) is 10.2 Å². The molecule has 0 unspecified atom stereocenters. The Morgan fingerprint density at radius 2 is 1.62 bits per heavy atom. The minimum absolute atomic E-state index is 0.144. The SMILES string of the molecule is CS(=O)(=O)O.O=S(=O)(Oc1ccc(-c2nnco2)cc1)C(F)(F)F. The lowest BCUT2D eigenvalue weighted by Crippen LogP contribution is -2.28. The van der Waals surface area contributed by atoms with Crippen molar-refractivity contribution < 1.29 is 43.2 Å². The second-order valence-corrected chi connectivity index (χ2v) is 6.99. The second kappa shape index (κ2) is 7.14. The molecular formula is C10H9F3N2O7S2. The zero-order valence-corrected chi connectivity index (χ0v) is 13.3. The Bertz CT molecular complexity index is 852. The van der Waals surface area contributed by atoms with Gasteiger partial charge in [0.25, 0.3) is 10.1 Å². The Kier molecular flexibility index (Phi) is 5.91. The molecular weight excluding hydrogens is 381 g/mol. The summed E-state index contributed by atoms with van der Waals surface area (Å²) in [6, 6.07) is 4.66. The number of halogens is 3. The van der Waals surface area contributed by atoms with Gasteiger partial charge in [0.05, 0.1) is 6.26 Å². The van der Waals surface area contributed by atoms with Gasteiger partial charge in [-0.05, 0) is 24.3 Å². The number of aromatic nitrogens is 2. The normalized spacial score (nSPS) is 12.2. The van der Waals surface area contributed by atoms with Crippen LogP contribution in [0.3, 0.4) is 0 Å². The molecule has 1 N–H and O–H groups in total. The number of nitrogens with zero attached hydrogens (tertiary/aromatic N) is 2. The van der Waals surface area contributed by atoms with Gasteiger partial charge in [0.15, 0.2) is 0 Å². The summed E-state index contributed by atoms with van der Waals surface area (Å²) in [5, 5.41) is 6.99. The lowest BCUT2D eigenvalue weighted by Gasteiger charge is -2.09. The van der Waals surface area contributed by atoms with E-state index >= 15 is 0 Å². The highest BCUT2D eigenvalue weighted by atomic mass is 32.2. The maximum atomic E-state index is 12.1. The molecule has 0 fully saturated rings. The minimum Gasteiger partial charge on any atom is -0.423 e. The van der Waals surface area contributed by atoms with Gasteiger partial charge in [0, 0.05) is 5.56 Å². The van der Waals surface area contributed by atoms with Crippen LogP contribution in [0.1, 0.15) is 0 Å². The van der Waals surface area contributed by atoms with Crippen LogP contribution in [-0.4, -0.2) is 43.3 Å². The average Bonchev–Trinajstić information content (AvgIpc) is 2.89. The first-order chi connectivity index (χ1) is 10.8. The molecule has 0 saturated heterocycles. The highest BCUT2D eigenvalue weighted by molar-refractivity contribution is 7.88. The summed E-state index contributed by atoms with van der Waals surface area (Å²) in [6.45, 7) is 0. The Hall–Kier alpha value is -2.19. The summed E-state index contributed by atoms with van der Waals surface area (Å²) >= 11 is 0. The van der Waals surface area contributed by atoms with Crippen LogP contribution in [-0.2, 0) is 20.2 Å². The van der Waals surface area contributed by atoms with Gasteiger partial charge in [0.2, 0.25) is 12.3 Å². The van der Waals surface area contributed by atoms with Gasteiger partial charge < -0.3 is 8.60 Å².